The van der Waals surface area contributed by atoms with Gasteiger partial charge in [-0.05, 0) is 6.08 Å². The van der Waals surface area contributed by atoms with Crippen LogP contribution < -0.4 is 5.11 Å². The number of carboxylic acids is 2. The molecule has 5 heteroatoms. The van der Waals surface area contributed by atoms with Crippen LogP contribution in [0, 0.1) is 0 Å². The molecule has 0 aliphatic rings. The quantitative estimate of drug-likeness (QED) is 0.449. The number of carbonyl (C=O) groups excluding carboxylic acids is 1. The topological polar surface area (TPSA) is 77.4 Å². The van der Waals surface area contributed by atoms with Crippen molar-refractivity contribution in [2.24, 2.45) is 0 Å². The molecule has 0 bridgehead atoms. The zero-order valence-corrected chi connectivity index (χ0v) is 8.29. The van der Waals surface area contributed by atoms with Gasteiger partial charge in [0, 0.05) is 0 Å². The second kappa shape index (κ2) is 9.94. The van der Waals surface area contributed by atoms with Gasteiger partial charge in [-0.3, -0.25) is 0 Å². The van der Waals surface area contributed by atoms with E-state index in [0.29, 0.717) is 6.42 Å². The van der Waals surface area contributed by atoms with Crippen molar-refractivity contribution in [3.8, 4) is 0 Å². The first-order chi connectivity index (χ1) is 5.04. The van der Waals surface area contributed by atoms with E-state index in [1.54, 1.807) is 0 Å². The Bertz CT molecular complexity index is 144. The van der Waals surface area contributed by atoms with E-state index in [-0.39, 0.29) is 0 Å². The summed E-state index contributed by atoms with van der Waals surface area (Å²) in [7, 11) is 0. The van der Waals surface area contributed by atoms with Crippen LogP contribution in [0.5, 0.6) is 0 Å². The van der Waals surface area contributed by atoms with Gasteiger partial charge in [-0.2, -0.15) is 0 Å². The third-order valence-corrected chi connectivity index (χ3v) is 1.11. The molecule has 0 unspecified atom stereocenters. The maximum atomic E-state index is 9.62. The van der Waals surface area contributed by atoms with Gasteiger partial charge in [0.2, 0.25) is 0 Å². The van der Waals surface area contributed by atoms with Crippen molar-refractivity contribution in [2.45, 2.75) is 8.94 Å². The van der Waals surface area contributed by atoms with Gasteiger partial charge < -0.3 is 9.90 Å². The number of carbonyl (C=O) groups is 2. The molecule has 0 saturated heterocycles. The van der Waals surface area contributed by atoms with Crippen LogP contribution in [0.15, 0.2) is 12.7 Å². The Balaban J connectivity index is 0. The molecular weight excluding hydrogens is 176 g/mol. The second-order valence-electron chi connectivity index (χ2n) is 1.52. The van der Waals surface area contributed by atoms with Crippen LogP contribution in [0.25, 0.3) is 0 Å². The molecule has 0 radical (unpaired) electrons. The normalized spacial score (nSPS) is 7.45. The van der Waals surface area contributed by atoms with Gasteiger partial charge in [-0.1, -0.05) is 6.58 Å². The summed E-state index contributed by atoms with van der Waals surface area (Å²) in [6, 6.07) is 0. The van der Waals surface area contributed by atoms with Crippen LogP contribution in [0.2, 0.25) is 2.52 Å². The van der Waals surface area contributed by atoms with Gasteiger partial charge in [-0.25, -0.2) is 0 Å². The van der Waals surface area contributed by atoms with Crippen molar-refractivity contribution in [3.05, 3.63) is 12.7 Å². The Kier molecular flexibility index (Phi) is 12.2. The summed E-state index contributed by atoms with van der Waals surface area (Å²) < 4.78 is 0.856. The fourth-order valence-corrected chi connectivity index (χ4v) is 0.624. The number of hydrogen-bond donors (Lipinski definition) is 1. The molecule has 0 fully saturated rings. The average Bonchev–Trinajstić information content (AvgIpc) is 1.89. The van der Waals surface area contributed by atoms with Crippen molar-refractivity contribution in [1.29, 1.82) is 0 Å². The zero-order chi connectivity index (χ0) is 9.28. The van der Waals surface area contributed by atoms with Gasteiger partial charge >= 0.3 is 60.6 Å². The van der Waals surface area contributed by atoms with Gasteiger partial charge in [0.15, 0.2) is 0 Å². The van der Waals surface area contributed by atoms with Gasteiger partial charge in [0.05, 0.1) is 5.97 Å². The minimum absolute atomic E-state index is 0.347. The summed E-state index contributed by atoms with van der Waals surface area (Å²) in [4.78, 5) is 18.8. The molecule has 58 valence electrons. The van der Waals surface area contributed by atoms with Crippen molar-refractivity contribution < 1.29 is 19.8 Å². The van der Waals surface area contributed by atoms with Crippen LogP contribution in [0.4, 0.5) is 0 Å². The van der Waals surface area contributed by atoms with E-state index in [1.807, 2.05) is 0 Å². The average molecular weight is 184 g/mol. The molecule has 0 saturated carbocycles. The molecule has 0 amide bonds. The van der Waals surface area contributed by atoms with Crippen LogP contribution in [-0.4, -0.2) is 52.8 Å². The first-order valence-electron chi connectivity index (χ1n) is 2.89. The van der Waals surface area contributed by atoms with Crippen molar-refractivity contribution in [1.82, 2.24) is 0 Å². The van der Waals surface area contributed by atoms with Gasteiger partial charge in [0.1, 0.15) is 0 Å². The molecule has 0 atom stereocenters. The molecule has 0 aromatic carbocycles. The summed E-state index contributed by atoms with van der Waals surface area (Å²) in [5.41, 5.74) is 0. The maximum absolute atomic E-state index is 9.62. The fraction of sp³-hybridized carbons (Fsp3) is 0.333. The summed E-state index contributed by atoms with van der Waals surface area (Å²) in [6.07, 6.45) is 1.07. The van der Waals surface area contributed by atoms with E-state index in [9.17, 15) is 4.79 Å². The Labute approximate surface area is 88.6 Å². The molecule has 0 heterocycles. The number of carboxylic acid groups (broad SMARTS) is 2. The van der Waals surface area contributed by atoms with E-state index < -0.39 is 11.9 Å². The number of rotatable bonds is 3. The molecule has 4 nitrogen and oxygen atoms in total. The molecule has 1 N–H and O–H groups in total. The zero-order valence-electron chi connectivity index (χ0n) is 6.08. The van der Waals surface area contributed by atoms with E-state index >= 15 is 0 Å². The van der Waals surface area contributed by atoms with Crippen LogP contribution in [0.3, 0.4) is 0 Å². The number of aliphatic carboxylic acids is 2. The van der Waals surface area contributed by atoms with Crippen LogP contribution in [0.1, 0.15) is 6.42 Å². The Morgan fingerprint density at radius 3 is 2.00 bits per heavy atom. The third-order valence-electron chi connectivity index (χ3n) is 0.557. The van der Waals surface area contributed by atoms with Crippen LogP contribution in [-0.2, 0) is 9.59 Å². The molecule has 0 spiro atoms. The van der Waals surface area contributed by atoms with Crippen LogP contribution >= 0.6 is 0 Å². The van der Waals surface area contributed by atoms with Crippen molar-refractivity contribution in [3.63, 3.8) is 0 Å². The van der Waals surface area contributed by atoms with Gasteiger partial charge in [-0.15, -0.1) is 0 Å². The van der Waals surface area contributed by atoms with E-state index in [1.165, 1.54) is 0 Å². The monoisotopic (exact) mass is 184 g/mol. The Morgan fingerprint density at radius 2 is 2.00 bits per heavy atom. The standard InChI is InChI=1S/C3H5O2.C3H4O2.Ca/c2*1-2-3(4)5;/h1-2H2,(H,4,5);2H,1H2,(H,4,5);/q;;+1/p-1. The molecule has 11 heavy (non-hydrogen) atoms. The van der Waals surface area contributed by atoms with Gasteiger partial charge in [0.25, 0.3) is 0 Å². The molecule has 0 aliphatic carbocycles. The molecule has 0 aromatic rings. The number of hydrogen-bond acceptors (Lipinski definition) is 3. The van der Waals surface area contributed by atoms with E-state index in [2.05, 4.69) is 6.58 Å². The fourth-order valence-electron chi connectivity index (χ4n) is 0.151. The summed E-state index contributed by atoms with van der Waals surface area (Å²) >= 11 is 1.09. The van der Waals surface area contributed by atoms with E-state index in [4.69, 9.17) is 15.0 Å². The predicted octanol–water partition coefficient (Wildman–Crippen LogP) is -1.03. The van der Waals surface area contributed by atoms with Crippen molar-refractivity contribution >= 4 is 47.7 Å². The SMILES string of the molecule is C=CC(=O)[O-].O=C(O)C[CH2][Ca+]. The second-order valence-corrected chi connectivity index (χ2v) is 2.62. The minimum atomic E-state index is -1.23. The predicted molar refractivity (Wildman–Crippen MR) is 38.0 cm³/mol. The molecular formula is C6H8CaO4. The summed E-state index contributed by atoms with van der Waals surface area (Å²) in [5, 5.41) is 17.1. The Hall–Kier alpha value is -0.0603. The first-order valence-corrected chi connectivity index (χ1v) is 4.45. The molecule has 0 rings (SSSR count). The summed E-state index contributed by atoms with van der Waals surface area (Å²) in [5.74, 6) is -1.91. The third kappa shape index (κ3) is 25.7. The van der Waals surface area contributed by atoms with Crippen molar-refractivity contribution in [2.75, 3.05) is 0 Å². The Morgan fingerprint density at radius 1 is 1.64 bits per heavy atom. The first kappa shape index (κ1) is 13.5. The molecule has 0 aromatic heterocycles. The molecule has 0 aliphatic heterocycles. The summed E-state index contributed by atoms with van der Waals surface area (Å²) in [6.45, 7) is 2.90. The van der Waals surface area contributed by atoms with E-state index in [0.717, 1.165) is 44.4 Å².